The van der Waals surface area contributed by atoms with Gasteiger partial charge in [0.05, 0.1) is 5.52 Å². The van der Waals surface area contributed by atoms with Crippen LogP contribution in [-0.4, -0.2) is 20.2 Å². The summed E-state index contributed by atoms with van der Waals surface area (Å²) in [4.78, 5) is 8.01. The molecule has 0 spiro atoms. The van der Waals surface area contributed by atoms with Crippen molar-refractivity contribution >= 4 is 28.4 Å². The van der Waals surface area contributed by atoms with Crippen molar-refractivity contribution in [3.05, 3.63) is 36.2 Å². The summed E-state index contributed by atoms with van der Waals surface area (Å²) in [5.74, 6) is 7.25. The van der Waals surface area contributed by atoms with Crippen molar-refractivity contribution in [2.24, 2.45) is 5.41 Å². The molecule has 0 unspecified atom stereocenters. The van der Waals surface area contributed by atoms with E-state index >= 15 is 0 Å². The molecule has 3 aromatic rings. The zero-order valence-corrected chi connectivity index (χ0v) is 13.3. The van der Waals surface area contributed by atoms with Gasteiger partial charge in [-0.05, 0) is 51.0 Å². The van der Waals surface area contributed by atoms with Crippen LogP contribution in [0.4, 0.5) is 17.5 Å². The highest BCUT2D eigenvalue weighted by atomic mass is 15.1. The second-order valence-electron chi connectivity index (χ2n) is 6.26. The van der Waals surface area contributed by atoms with Crippen molar-refractivity contribution in [1.29, 1.82) is 0 Å². The number of nitrogens with two attached hydrogens (primary N) is 1. The second-order valence-corrected chi connectivity index (χ2v) is 6.26. The van der Waals surface area contributed by atoms with Crippen LogP contribution in [0.5, 0.6) is 0 Å². The minimum atomic E-state index is -0.0637. The van der Waals surface area contributed by atoms with E-state index in [0.717, 1.165) is 22.3 Å². The van der Waals surface area contributed by atoms with Crippen LogP contribution < -0.4 is 11.1 Å². The number of H-pyrrole nitrogens is 1. The Hall–Kier alpha value is -3.07. The Bertz CT molecular complexity index is 908. The van der Waals surface area contributed by atoms with Crippen LogP contribution in [0.3, 0.4) is 0 Å². The Kier molecular flexibility index (Phi) is 3.62. The lowest BCUT2D eigenvalue weighted by atomic mass is 9.98. The van der Waals surface area contributed by atoms with Gasteiger partial charge in [-0.25, -0.2) is 4.98 Å². The largest absolute Gasteiger partial charge is 0.368 e. The molecule has 6 nitrogen and oxygen atoms in total. The van der Waals surface area contributed by atoms with E-state index in [9.17, 15) is 0 Å². The lowest BCUT2D eigenvalue weighted by Crippen LogP contribution is -1.99. The minimum Gasteiger partial charge on any atom is -0.368 e. The fourth-order valence-electron chi connectivity index (χ4n) is 2.02. The van der Waals surface area contributed by atoms with Crippen LogP contribution in [-0.2, 0) is 0 Å². The minimum absolute atomic E-state index is 0.0637. The van der Waals surface area contributed by atoms with Crippen molar-refractivity contribution in [3.8, 4) is 11.8 Å². The van der Waals surface area contributed by atoms with Crippen molar-refractivity contribution in [2.45, 2.75) is 20.8 Å². The van der Waals surface area contributed by atoms with Crippen molar-refractivity contribution in [1.82, 2.24) is 20.2 Å². The summed E-state index contributed by atoms with van der Waals surface area (Å²) in [6.07, 6.45) is 1.61. The van der Waals surface area contributed by atoms with E-state index in [4.69, 9.17) is 5.73 Å². The predicted molar refractivity (Wildman–Crippen MR) is 92.2 cm³/mol. The number of hydrogen-bond acceptors (Lipinski definition) is 5. The number of benzene rings is 1. The zero-order chi connectivity index (χ0) is 16.4. The van der Waals surface area contributed by atoms with Gasteiger partial charge in [-0.15, -0.1) is 0 Å². The summed E-state index contributed by atoms with van der Waals surface area (Å²) < 4.78 is 0. The Morgan fingerprint density at radius 1 is 1.22 bits per heavy atom. The Morgan fingerprint density at radius 3 is 2.78 bits per heavy atom. The maximum Gasteiger partial charge on any atom is 0.221 e. The number of nitrogens with one attached hydrogen (secondary N) is 2. The maximum absolute atomic E-state index is 5.60. The first kappa shape index (κ1) is 14.9. The molecule has 0 aliphatic carbocycles. The summed E-state index contributed by atoms with van der Waals surface area (Å²) in [6, 6.07) is 7.61. The molecule has 6 heteroatoms. The van der Waals surface area contributed by atoms with Crippen molar-refractivity contribution in [2.75, 3.05) is 11.1 Å². The average molecular weight is 306 g/mol. The number of rotatable bonds is 2. The van der Waals surface area contributed by atoms with Gasteiger partial charge in [0.2, 0.25) is 5.95 Å². The van der Waals surface area contributed by atoms with Crippen molar-refractivity contribution in [3.63, 3.8) is 0 Å². The number of aromatic amines is 1. The number of aromatic nitrogens is 4. The van der Waals surface area contributed by atoms with Gasteiger partial charge in [0.15, 0.2) is 0 Å². The van der Waals surface area contributed by atoms with Gasteiger partial charge >= 0.3 is 0 Å². The molecule has 2 heterocycles. The van der Waals surface area contributed by atoms with E-state index < -0.39 is 0 Å². The summed E-state index contributed by atoms with van der Waals surface area (Å²) in [7, 11) is 0. The topological polar surface area (TPSA) is 92.5 Å². The van der Waals surface area contributed by atoms with Crippen LogP contribution in [0.2, 0.25) is 0 Å². The third kappa shape index (κ3) is 3.58. The summed E-state index contributed by atoms with van der Waals surface area (Å²) >= 11 is 0. The van der Waals surface area contributed by atoms with E-state index in [-0.39, 0.29) is 11.4 Å². The molecule has 0 fully saturated rings. The molecule has 0 radical (unpaired) electrons. The predicted octanol–water partition coefficient (Wildman–Crippen LogP) is 3.08. The Labute approximate surface area is 134 Å². The standard InChI is InChI=1S/C17H18N6/c1-17(2,3)8-6-14-12-10-11(4-5-13(12)22-23-14)20-15-7-9-19-16(18)21-15/h4-5,7,9-10H,1-3H3,(H,22,23)(H3,18,19,20,21). The van der Waals surface area contributed by atoms with Crippen LogP contribution in [0.1, 0.15) is 26.5 Å². The third-order valence-corrected chi connectivity index (χ3v) is 3.06. The highest BCUT2D eigenvalue weighted by Gasteiger charge is 2.07. The zero-order valence-electron chi connectivity index (χ0n) is 13.3. The molecule has 4 N–H and O–H groups in total. The molecule has 0 atom stereocenters. The molecule has 0 aliphatic rings. The molecule has 116 valence electrons. The van der Waals surface area contributed by atoms with Crippen LogP contribution in [0.25, 0.3) is 10.9 Å². The molecular formula is C17H18N6. The summed E-state index contributed by atoms with van der Waals surface area (Å²) in [6.45, 7) is 6.22. The fraction of sp³-hybridized carbons (Fsp3) is 0.235. The molecule has 0 aliphatic heterocycles. The lowest BCUT2D eigenvalue weighted by Gasteiger charge is -2.07. The summed E-state index contributed by atoms with van der Waals surface area (Å²) in [5, 5.41) is 11.4. The number of nitrogens with zero attached hydrogens (tertiary/aromatic N) is 3. The van der Waals surface area contributed by atoms with Gasteiger partial charge in [-0.3, -0.25) is 5.10 Å². The smallest absolute Gasteiger partial charge is 0.221 e. The second kappa shape index (κ2) is 5.61. The van der Waals surface area contributed by atoms with E-state index in [1.54, 1.807) is 12.3 Å². The number of nitrogen functional groups attached to an aromatic ring is 1. The normalized spacial score (nSPS) is 11.1. The number of hydrogen-bond donors (Lipinski definition) is 3. The summed E-state index contributed by atoms with van der Waals surface area (Å²) in [5.41, 5.74) is 8.09. The average Bonchev–Trinajstić information content (AvgIpc) is 2.87. The first-order valence-corrected chi connectivity index (χ1v) is 7.27. The molecular weight excluding hydrogens is 288 g/mol. The first-order chi connectivity index (χ1) is 10.9. The Morgan fingerprint density at radius 2 is 2.04 bits per heavy atom. The first-order valence-electron chi connectivity index (χ1n) is 7.27. The maximum atomic E-state index is 5.60. The van der Waals surface area contributed by atoms with Crippen LogP contribution in [0, 0.1) is 17.3 Å². The highest BCUT2D eigenvalue weighted by Crippen LogP contribution is 2.23. The quantitative estimate of drug-likeness (QED) is 0.633. The van der Waals surface area contributed by atoms with Gasteiger partial charge in [0, 0.05) is 22.7 Å². The Balaban J connectivity index is 1.95. The van der Waals surface area contributed by atoms with Crippen LogP contribution >= 0.6 is 0 Å². The number of anilines is 3. The van der Waals surface area contributed by atoms with Gasteiger partial charge in [-0.2, -0.15) is 10.1 Å². The molecule has 0 bridgehead atoms. The molecule has 0 saturated heterocycles. The molecule has 1 aromatic carbocycles. The van der Waals surface area contributed by atoms with Gasteiger partial charge in [0.25, 0.3) is 0 Å². The highest BCUT2D eigenvalue weighted by molar-refractivity contribution is 5.87. The lowest BCUT2D eigenvalue weighted by molar-refractivity contribution is 0.571. The number of fused-ring (bicyclic) bond motifs is 1. The van der Waals surface area contributed by atoms with E-state index in [2.05, 4.69) is 58.1 Å². The molecule has 0 amide bonds. The van der Waals surface area contributed by atoms with Crippen LogP contribution in [0.15, 0.2) is 30.5 Å². The van der Waals surface area contributed by atoms with E-state index in [1.807, 2.05) is 18.2 Å². The van der Waals surface area contributed by atoms with Gasteiger partial charge in [0.1, 0.15) is 11.5 Å². The molecule has 3 rings (SSSR count). The van der Waals surface area contributed by atoms with E-state index in [0.29, 0.717) is 5.82 Å². The van der Waals surface area contributed by atoms with Gasteiger partial charge in [-0.1, -0.05) is 5.92 Å². The molecule has 0 saturated carbocycles. The van der Waals surface area contributed by atoms with Crippen molar-refractivity contribution < 1.29 is 0 Å². The SMILES string of the molecule is CC(C)(C)C#Cc1[nH]nc2ccc(Nc3ccnc(N)n3)cc12. The third-order valence-electron chi connectivity index (χ3n) is 3.06. The molecule has 2 aromatic heterocycles. The van der Waals surface area contributed by atoms with E-state index in [1.165, 1.54) is 0 Å². The fourth-order valence-corrected chi connectivity index (χ4v) is 2.02. The molecule has 23 heavy (non-hydrogen) atoms. The van der Waals surface area contributed by atoms with Gasteiger partial charge < -0.3 is 11.1 Å². The monoisotopic (exact) mass is 306 g/mol.